The maximum atomic E-state index is 12.3. The van der Waals surface area contributed by atoms with E-state index in [1.165, 1.54) is 35.1 Å². The second-order valence-electron chi connectivity index (χ2n) is 7.02. The van der Waals surface area contributed by atoms with Gasteiger partial charge in [0.15, 0.2) is 12.4 Å². The maximum absolute atomic E-state index is 12.3. The maximum Gasteiger partial charge on any atom is 0.362 e. The second kappa shape index (κ2) is 9.25. The first kappa shape index (κ1) is 21.8. The van der Waals surface area contributed by atoms with Crippen LogP contribution in [0.25, 0.3) is 5.69 Å². The van der Waals surface area contributed by atoms with Crippen molar-refractivity contribution in [3.8, 4) is 17.5 Å². The molecular weight excluding hydrogens is 406 g/mol. The van der Waals surface area contributed by atoms with Gasteiger partial charge in [-0.2, -0.15) is 10.4 Å². The molecule has 0 atom stereocenters. The van der Waals surface area contributed by atoms with Gasteiger partial charge in [-0.25, -0.2) is 9.48 Å². The summed E-state index contributed by atoms with van der Waals surface area (Å²) in [5, 5.41) is 27.1. The Labute approximate surface area is 177 Å². The predicted molar refractivity (Wildman–Crippen MR) is 107 cm³/mol. The molecule has 11 heteroatoms. The molecule has 1 N–H and O–H groups in total. The van der Waals surface area contributed by atoms with Gasteiger partial charge in [-0.1, -0.05) is 0 Å². The standard InChI is InChI=1S/C20H21N5O6/c1-2-30-19(27)18-16(31-12-17(26)22-20(13-21)9-3-4-10-20)11-24(23-18)14-5-7-15(8-6-14)25(28)29/h5-8,11H,2-4,9-10,12H2,1H3,(H,22,26). The number of nitriles is 1. The number of benzene rings is 1. The molecule has 162 valence electrons. The largest absolute Gasteiger partial charge is 0.480 e. The minimum Gasteiger partial charge on any atom is -0.480 e. The summed E-state index contributed by atoms with van der Waals surface area (Å²) in [4.78, 5) is 34.9. The average molecular weight is 427 g/mol. The summed E-state index contributed by atoms with van der Waals surface area (Å²) in [6.45, 7) is 1.35. The highest BCUT2D eigenvalue weighted by Gasteiger charge is 2.35. The van der Waals surface area contributed by atoms with Gasteiger partial charge in [-0.05, 0) is 44.7 Å². The first-order chi connectivity index (χ1) is 14.9. The van der Waals surface area contributed by atoms with Crippen LogP contribution >= 0.6 is 0 Å². The van der Waals surface area contributed by atoms with Crippen molar-refractivity contribution in [3.63, 3.8) is 0 Å². The van der Waals surface area contributed by atoms with Crippen LogP contribution in [0, 0.1) is 21.4 Å². The highest BCUT2D eigenvalue weighted by molar-refractivity contribution is 5.90. The van der Waals surface area contributed by atoms with Crippen molar-refractivity contribution < 1.29 is 24.0 Å². The molecule has 1 fully saturated rings. The van der Waals surface area contributed by atoms with Gasteiger partial charge >= 0.3 is 5.97 Å². The van der Waals surface area contributed by atoms with Crippen LogP contribution in [0.3, 0.4) is 0 Å². The highest BCUT2D eigenvalue weighted by Crippen LogP contribution is 2.29. The first-order valence-electron chi connectivity index (χ1n) is 9.74. The number of non-ortho nitro benzene ring substituents is 1. The van der Waals surface area contributed by atoms with E-state index in [2.05, 4.69) is 16.5 Å². The Kier molecular flexibility index (Phi) is 6.49. The van der Waals surface area contributed by atoms with Gasteiger partial charge in [-0.3, -0.25) is 14.9 Å². The fourth-order valence-corrected chi connectivity index (χ4v) is 3.35. The third kappa shape index (κ3) is 4.98. The number of aromatic nitrogens is 2. The van der Waals surface area contributed by atoms with E-state index in [9.17, 15) is 25.0 Å². The molecule has 0 aliphatic heterocycles. The number of nitrogens with zero attached hydrogens (tertiary/aromatic N) is 4. The molecule has 1 heterocycles. The van der Waals surface area contributed by atoms with Gasteiger partial charge in [0.05, 0.1) is 29.5 Å². The Balaban J connectivity index is 1.78. The smallest absolute Gasteiger partial charge is 0.362 e. The first-order valence-corrected chi connectivity index (χ1v) is 9.74. The predicted octanol–water partition coefficient (Wildman–Crippen LogP) is 2.29. The number of amides is 1. The molecular formula is C20H21N5O6. The third-order valence-corrected chi connectivity index (χ3v) is 4.88. The topological polar surface area (TPSA) is 149 Å². The van der Waals surface area contributed by atoms with Crippen LogP contribution in [-0.4, -0.2) is 45.3 Å². The number of nitrogens with one attached hydrogen (secondary N) is 1. The van der Waals surface area contributed by atoms with Crippen molar-refractivity contribution in [1.29, 1.82) is 5.26 Å². The minimum absolute atomic E-state index is 0.0179. The second-order valence-corrected chi connectivity index (χ2v) is 7.02. The molecule has 3 rings (SSSR count). The fourth-order valence-electron chi connectivity index (χ4n) is 3.35. The molecule has 31 heavy (non-hydrogen) atoms. The zero-order valence-electron chi connectivity index (χ0n) is 16.9. The van der Waals surface area contributed by atoms with Crippen molar-refractivity contribution in [3.05, 3.63) is 46.3 Å². The summed E-state index contributed by atoms with van der Waals surface area (Å²) >= 11 is 0. The van der Waals surface area contributed by atoms with E-state index in [1.54, 1.807) is 6.92 Å². The average Bonchev–Trinajstić information content (AvgIpc) is 3.40. The molecule has 1 aliphatic rings. The molecule has 0 radical (unpaired) electrons. The summed E-state index contributed by atoms with van der Waals surface area (Å²) < 4.78 is 11.8. The number of hydrogen-bond donors (Lipinski definition) is 1. The van der Waals surface area contributed by atoms with Gasteiger partial charge in [0.2, 0.25) is 5.69 Å². The van der Waals surface area contributed by atoms with Crippen molar-refractivity contribution >= 4 is 17.6 Å². The number of rotatable bonds is 8. The SMILES string of the molecule is CCOC(=O)c1nn(-c2ccc([N+](=O)[O-])cc2)cc1OCC(=O)NC1(C#N)CCCC1. The van der Waals surface area contributed by atoms with E-state index >= 15 is 0 Å². The quantitative estimate of drug-likeness (QED) is 0.383. The Hall–Kier alpha value is -3.94. The van der Waals surface area contributed by atoms with E-state index in [0.29, 0.717) is 18.5 Å². The van der Waals surface area contributed by atoms with E-state index in [-0.39, 0.29) is 23.7 Å². The van der Waals surface area contributed by atoms with E-state index in [1.807, 2.05) is 0 Å². The lowest BCUT2D eigenvalue weighted by Crippen LogP contribution is -2.47. The molecule has 0 bridgehead atoms. The molecule has 0 unspecified atom stereocenters. The third-order valence-electron chi connectivity index (χ3n) is 4.88. The van der Waals surface area contributed by atoms with Crippen LogP contribution in [-0.2, 0) is 9.53 Å². The van der Waals surface area contributed by atoms with Gasteiger partial charge in [-0.15, -0.1) is 0 Å². The lowest BCUT2D eigenvalue weighted by Gasteiger charge is -2.21. The van der Waals surface area contributed by atoms with Gasteiger partial charge in [0.1, 0.15) is 5.54 Å². The van der Waals surface area contributed by atoms with Gasteiger partial charge in [0, 0.05) is 12.1 Å². The van der Waals surface area contributed by atoms with Crippen LogP contribution in [0.5, 0.6) is 5.75 Å². The lowest BCUT2D eigenvalue weighted by molar-refractivity contribution is -0.384. The van der Waals surface area contributed by atoms with Gasteiger partial charge < -0.3 is 14.8 Å². The molecule has 0 saturated heterocycles. The van der Waals surface area contributed by atoms with Crippen molar-refractivity contribution in [2.45, 2.75) is 38.1 Å². The number of ether oxygens (including phenoxy) is 2. The van der Waals surface area contributed by atoms with Gasteiger partial charge in [0.25, 0.3) is 11.6 Å². The number of nitro benzene ring substituents is 1. The normalized spacial score (nSPS) is 14.5. The number of hydrogen-bond acceptors (Lipinski definition) is 8. The van der Waals surface area contributed by atoms with Crippen molar-refractivity contribution in [1.82, 2.24) is 15.1 Å². The zero-order valence-corrected chi connectivity index (χ0v) is 16.9. The van der Waals surface area contributed by atoms with E-state index in [4.69, 9.17) is 9.47 Å². The fraction of sp³-hybridized carbons (Fsp3) is 0.400. The molecule has 1 saturated carbocycles. The minimum atomic E-state index is -0.882. The highest BCUT2D eigenvalue weighted by atomic mass is 16.6. The summed E-state index contributed by atoms with van der Waals surface area (Å²) in [6.07, 6.45) is 4.28. The molecule has 2 aromatic rings. The summed E-state index contributed by atoms with van der Waals surface area (Å²) in [5.74, 6) is -1.20. The van der Waals surface area contributed by atoms with Crippen molar-refractivity contribution in [2.75, 3.05) is 13.2 Å². The summed E-state index contributed by atoms with van der Waals surface area (Å²) in [5.41, 5.74) is -0.658. The Bertz CT molecular complexity index is 1020. The van der Waals surface area contributed by atoms with Crippen molar-refractivity contribution in [2.24, 2.45) is 0 Å². The Morgan fingerprint density at radius 2 is 2.00 bits per heavy atom. The number of nitro groups is 1. The summed E-state index contributed by atoms with van der Waals surface area (Å²) in [6, 6.07) is 7.70. The molecule has 11 nitrogen and oxygen atoms in total. The van der Waals surface area contributed by atoms with Crippen LogP contribution < -0.4 is 10.1 Å². The van der Waals surface area contributed by atoms with Crippen LogP contribution in [0.15, 0.2) is 30.5 Å². The molecule has 1 aromatic heterocycles. The van der Waals surface area contributed by atoms with Crippen LogP contribution in [0.4, 0.5) is 5.69 Å². The molecule has 1 amide bonds. The Morgan fingerprint density at radius 3 is 2.58 bits per heavy atom. The number of esters is 1. The Morgan fingerprint density at radius 1 is 1.32 bits per heavy atom. The monoisotopic (exact) mass is 427 g/mol. The molecule has 1 aliphatic carbocycles. The number of carbonyl (C=O) groups excluding carboxylic acids is 2. The van der Waals surface area contributed by atoms with E-state index < -0.39 is 28.9 Å². The molecule has 0 spiro atoms. The van der Waals surface area contributed by atoms with E-state index in [0.717, 1.165) is 12.8 Å². The lowest BCUT2D eigenvalue weighted by atomic mass is 10.00. The molecule has 1 aromatic carbocycles. The summed E-state index contributed by atoms with van der Waals surface area (Å²) in [7, 11) is 0. The van der Waals surface area contributed by atoms with Crippen LogP contribution in [0.1, 0.15) is 43.1 Å². The van der Waals surface area contributed by atoms with Crippen LogP contribution in [0.2, 0.25) is 0 Å². The zero-order chi connectivity index (χ0) is 22.4. The number of carbonyl (C=O) groups is 2.